The SMILES string of the molecule is N=C(N)c1ccc(N2CC(CN(CC(=O)O)S(=O)(=O)c3ccc4cc(Cl)ccc4c3)OC2=O)cc1. The monoisotopic (exact) mass is 516 g/mol. The normalized spacial score (nSPS) is 16.0. The molecule has 0 bridgehead atoms. The summed E-state index contributed by atoms with van der Waals surface area (Å²) >= 11 is 5.99. The van der Waals surface area contributed by atoms with Gasteiger partial charge in [0.25, 0.3) is 0 Å². The van der Waals surface area contributed by atoms with Crippen molar-refractivity contribution in [3.63, 3.8) is 0 Å². The number of amides is 1. The van der Waals surface area contributed by atoms with Crippen LogP contribution in [0.5, 0.6) is 0 Å². The molecule has 1 atom stereocenters. The molecule has 1 aliphatic heterocycles. The van der Waals surface area contributed by atoms with E-state index < -0.39 is 34.7 Å². The van der Waals surface area contributed by atoms with Crippen LogP contribution in [0.1, 0.15) is 5.56 Å². The van der Waals surface area contributed by atoms with Crippen molar-refractivity contribution in [2.45, 2.75) is 11.0 Å². The Balaban J connectivity index is 1.57. The largest absolute Gasteiger partial charge is 0.480 e. The van der Waals surface area contributed by atoms with Crippen LogP contribution in [0.25, 0.3) is 10.8 Å². The molecule has 3 aromatic carbocycles. The van der Waals surface area contributed by atoms with Gasteiger partial charge >= 0.3 is 12.1 Å². The number of amidine groups is 1. The third-order valence-electron chi connectivity index (χ3n) is 5.49. The molecule has 1 heterocycles. The van der Waals surface area contributed by atoms with Gasteiger partial charge in [-0.25, -0.2) is 13.2 Å². The molecule has 12 heteroatoms. The molecule has 0 radical (unpaired) electrons. The van der Waals surface area contributed by atoms with Crippen LogP contribution in [0, 0.1) is 5.41 Å². The fraction of sp³-hybridized carbons (Fsp3) is 0.174. The minimum Gasteiger partial charge on any atom is -0.480 e. The zero-order valence-electron chi connectivity index (χ0n) is 18.2. The lowest BCUT2D eigenvalue weighted by atomic mass is 10.1. The van der Waals surface area contributed by atoms with E-state index in [1.807, 2.05) is 0 Å². The van der Waals surface area contributed by atoms with Gasteiger partial charge < -0.3 is 15.6 Å². The molecule has 0 aromatic heterocycles. The van der Waals surface area contributed by atoms with Crippen LogP contribution in [0.3, 0.4) is 0 Å². The van der Waals surface area contributed by atoms with E-state index in [9.17, 15) is 23.1 Å². The van der Waals surface area contributed by atoms with E-state index in [0.717, 1.165) is 9.69 Å². The van der Waals surface area contributed by atoms with Crippen molar-refractivity contribution in [1.82, 2.24) is 4.31 Å². The molecule has 3 aromatic rings. The molecule has 0 saturated carbocycles. The minimum atomic E-state index is -4.23. The summed E-state index contributed by atoms with van der Waals surface area (Å²) in [6.07, 6.45) is -1.59. The average molecular weight is 517 g/mol. The van der Waals surface area contributed by atoms with Gasteiger partial charge in [0.15, 0.2) is 0 Å². The summed E-state index contributed by atoms with van der Waals surface area (Å²) in [7, 11) is -4.23. The Bertz CT molecular complexity index is 1430. The fourth-order valence-electron chi connectivity index (χ4n) is 3.78. The topological polar surface area (TPSA) is 154 Å². The Morgan fingerprint density at radius 3 is 2.46 bits per heavy atom. The van der Waals surface area contributed by atoms with E-state index in [1.165, 1.54) is 17.0 Å². The van der Waals surface area contributed by atoms with E-state index >= 15 is 0 Å². The summed E-state index contributed by atoms with van der Waals surface area (Å²) in [4.78, 5) is 25.1. The summed E-state index contributed by atoms with van der Waals surface area (Å²) in [5.74, 6) is -1.47. The van der Waals surface area contributed by atoms with Crippen LogP contribution in [0.4, 0.5) is 10.5 Å². The Morgan fingerprint density at radius 2 is 1.80 bits per heavy atom. The Labute approximate surface area is 206 Å². The van der Waals surface area contributed by atoms with Crippen molar-refractivity contribution < 1.29 is 27.9 Å². The number of nitrogens with zero attached hydrogens (tertiary/aromatic N) is 2. The molecule has 10 nitrogen and oxygen atoms in total. The van der Waals surface area contributed by atoms with E-state index in [0.29, 0.717) is 21.7 Å². The van der Waals surface area contributed by atoms with Gasteiger partial charge in [-0.1, -0.05) is 23.7 Å². The third kappa shape index (κ3) is 5.21. The number of benzene rings is 3. The number of carbonyl (C=O) groups excluding carboxylic acids is 1. The molecule has 4 N–H and O–H groups in total. The standard InChI is InChI=1S/C23H21ClN4O6S/c24-17-5-1-16-10-20(8-4-15(16)9-17)35(32,33)27(13-21(29)30)11-19-12-28(23(31)34-19)18-6-2-14(3-7-18)22(25)26/h1-10,19H,11-13H2,(H3,25,26)(H,29,30). The van der Waals surface area contributed by atoms with Gasteiger partial charge in [-0.2, -0.15) is 4.31 Å². The predicted octanol–water partition coefficient (Wildman–Crippen LogP) is 2.88. The number of fused-ring (bicyclic) bond motifs is 1. The number of carboxylic acid groups (broad SMARTS) is 1. The highest BCUT2D eigenvalue weighted by molar-refractivity contribution is 7.89. The maximum Gasteiger partial charge on any atom is 0.414 e. The molecule has 182 valence electrons. The number of cyclic esters (lactones) is 1. The maximum absolute atomic E-state index is 13.4. The first-order chi connectivity index (χ1) is 16.5. The molecule has 1 aliphatic rings. The van der Waals surface area contributed by atoms with Gasteiger partial charge in [0.2, 0.25) is 10.0 Å². The average Bonchev–Trinajstić information content (AvgIpc) is 3.17. The van der Waals surface area contributed by atoms with Crippen LogP contribution in [-0.2, 0) is 19.6 Å². The summed E-state index contributed by atoms with van der Waals surface area (Å²) in [5, 5.41) is 18.7. The smallest absolute Gasteiger partial charge is 0.414 e. The summed E-state index contributed by atoms with van der Waals surface area (Å²) < 4.78 is 32.8. The molecular weight excluding hydrogens is 496 g/mol. The second kappa shape index (κ2) is 9.53. The number of hydrogen-bond acceptors (Lipinski definition) is 6. The predicted molar refractivity (Wildman–Crippen MR) is 130 cm³/mol. The van der Waals surface area contributed by atoms with E-state index in [1.54, 1.807) is 48.5 Å². The highest BCUT2D eigenvalue weighted by Gasteiger charge is 2.37. The van der Waals surface area contributed by atoms with E-state index in [-0.39, 0.29) is 23.8 Å². The summed E-state index contributed by atoms with van der Waals surface area (Å²) in [6, 6.07) is 15.7. The zero-order chi connectivity index (χ0) is 25.3. The number of nitrogen functional groups attached to an aromatic ring is 1. The molecule has 0 aliphatic carbocycles. The third-order valence-corrected chi connectivity index (χ3v) is 7.54. The number of nitrogens with one attached hydrogen (secondary N) is 1. The zero-order valence-corrected chi connectivity index (χ0v) is 19.8. The lowest BCUT2D eigenvalue weighted by molar-refractivity contribution is -0.137. The molecule has 0 spiro atoms. The number of rotatable bonds is 8. The number of hydrogen-bond donors (Lipinski definition) is 3. The molecule has 1 amide bonds. The maximum atomic E-state index is 13.4. The lowest BCUT2D eigenvalue weighted by Crippen LogP contribution is -2.42. The van der Waals surface area contributed by atoms with Crippen LogP contribution in [0.15, 0.2) is 65.6 Å². The second-order valence-corrected chi connectivity index (χ2v) is 10.3. The number of carboxylic acids is 1. The number of anilines is 1. The Hall–Kier alpha value is -3.67. The number of nitrogens with two attached hydrogens (primary N) is 1. The second-order valence-electron chi connectivity index (χ2n) is 7.92. The minimum absolute atomic E-state index is 0.0140. The Morgan fingerprint density at radius 1 is 1.14 bits per heavy atom. The van der Waals surface area contributed by atoms with Gasteiger partial charge in [0.1, 0.15) is 18.5 Å². The van der Waals surface area contributed by atoms with Gasteiger partial charge in [-0.15, -0.1) is 0 Å². The van der Waals surface area contributed by atoms with Crippen molar-refractivity contribution >= 4 is 56.0 Å². The van der Waals surface area contributed by atoms with Crippen LogP contribution >= 0.6 is 11.6 Å². The van der Waals surface area contributed by atoms with Crippen LogP contribution in [0.2, 0.25) is 5.02 Å². The Kier molecular flexibility index (Phi) is 6.66. The summed E-state index contributed by atoms with van der Waals surface area (Å²) in [6.45, 7) is -1.14. The van der Waals surface area contributed by atoms with Crippen molar-refractivity contribution in [3.8, 4) is 0 Å². The van der Waals surface area contributed by atoms with Gasteiger partial charge in [0, 0.05) is 16.3 Å². The van der Waals surface area contributed by atoms with Crippen molar-refractivity contribution in [1.29, 1.82) is 5.41 Å². The van der Waals surface area contributed by atoms with Gasteiger partial charge in [-0.05, 0) is 59.3 Å². The van der Waals surface area contributed by atoms with Gasteiger partial charge in [0.05, 0.1) is 18.0 Å². The highest BCUT2D eigenvalue weighted by atomic mass is 35.5. The summed E-state index contributed by atoms with van der Waals surface area (Å²) in [5.41, 5.74) is 6.41. The number of aliphatic carboxylic acids is 1. The van der Waals surface area contributed by atoms with Crippen molar-refractivity contribution in [3.05, 3.63) is 71.2 Å². The lowest BCUT2D eigenvalue weighted by Gasteiger charge is -2.23. The molecule has 4 rings (SSSR count). The van der Waals surface area contributed by atoms with Crippen molar-refractivity contribution in [2.24, 2.45) is 5.73 Å². The molecule has 35 heavy (non-hydrogen) atoms. The molecule has 1 saturated heterocycles. The first-order valence-electron chi connectivity index (χ1n) is 10.4. The first-order valence-corrected chi connectivity index (χ1v) is 12.2. The highest BCUT2D eigenvalue weighted by Crippen LogP contribution is 2.27. The fourth-order valence-corrected chi connectivity index (χ4v) is 5.42. The molecule has 1 unspecified atom stereocenters. The van der Waals surface area contributed by atoms with E-state index in [4.69, 9.17) is 27.5 Å². The van der Waals surface area contributed by atoms with Gasteiger partial charge in [-0.3, -0.25) is 15.1 Å². The number of carbonyl (C=O) groups is 2. The van der Waals surface area contributed by atoms with Crippen LogP contribution < -0.4 is 10.6 Å². The van der Waals surface area contributed by atoms with Crippen molar-refractivity contribution in [2.75, 3.05) is 24.5 Å². The first kappa shape index (κ1) is 24.5. The number of sulfonamides is 1. The van der Waals surface area contributed by atoms with Crippen LogP contribution in [-0.4, -0.2) is 61.5 Å². The number of ether oxygens (including phenoxy) is 1. The molecular formula is C23H21ClN4O6S. The quantitative estimate of drug-likeness (QED) is 0.307. The molecule has 1 fully saturated rings. The number of halogens is 1. The van der Waals surface area contributed by atoms with E-state index in [2.05, 4.69) is 0 Å².